The van der Waals surface area contributed by atoms with Gasteiger partial charge < -0.3 is 9.72 Å². The maximum Gasteiger partial charge on any atom is 0.243 e. The van der Waals surface area contributed by atoms with Crippen molar-refractivity contribution in [1.82, 2.24) is 14.2 Å². The Hall–Kier alpha value is -2.26. The van der Waals surface area contributed by atoms with Gasteiger partial charge in [-0.1, -0.05) is 43.2 Å². The standard InChI is InChI=1S/C28H35N3O3S2/c1-34-28-14-12-24(36(32,33)31-16-18-35-19-17-31)20-25(28)26-13-11-23(29-26)21-30-15-7-3-6-10-27(30)22-8-4-2-5-9-22/h2,4-5,8-9,11-14,20,27,29H,3,6-7,10,15-19,21H2,1H3. The normalized spacial score (nSPS) is 20.2. The number of aromatic amines is 1. The van der Waals surface area contributed by atoms with Gasteiger partial charge in [-0.15, -0.1) is 0 Å². The van der Waals surface area contributed by atoms with Crippen molar-refractivity contribution in [1.29, 1.82) is 0 Å². The minimum Gasteiger partial charge on any atom is -0.496 e. The number of hydrogen-bond donors (Lipinski definition) is 1. The van der Waals surface area contributed by atoms with Gasteiger partial charge in [0.2, 0.25) is 10.0 Å². The Morgan fingerprint density at radius 3 is 2.56 bits per heavy atom. The lowest BCUT2D eigenvalue weighted by atomic mass is 10.0. The summed E-state index contributed by atoms with van der Waals surface area (Å²) in [6, 6.07) is 20.5. The number of H-pyrrole nitrogens is 1. The number of likely N-dealkylation sites (tertiary alicyclic amines) is 1. The number of thioether (sulfide) groups is 1. The van der Waals surface area contributed by atoms with Crippen LogP contribution in [0.15, 0.2) is 65.6 Å². The fraction of sp³-hybridized carbons (Fsp3) is 0.429. The number of ether oxygens (including phenoxy) is 1. The van der Waals surface area contributed by atoms with Crippen LogP contribution in [0.4, 0.5) is 0 Å². The van der Waals surface area contributed by atoms with Gasteiger partial charge in [-0.3, -0.25) is 4.90 Å². The molecule has 6 nitrogen and oxygen atoms in total. The highest BCUT2D eigenvalue weighted by atomic mass is 32.2. The van der Waals surface area contributed by atoms with Crippen LogP contribution in [0.2, 0.25) is 0 Å². The second-order valence-corrected chi connectivity index (χ2v) is 12.7. The molecular weight excluding hydrogens is 490 g/mol. The number of benzene rings is 2. The maximum absolute atomic E-state index is 13.3. The zero-order chi connectivity index (χ0) is 25.0. The summed E-state index contributed by atoms with van der Waals surface area (Å²) in [5, 5.41) is 0. The topological polar surface area (TPSA) is 65.6 Å². The lowest BCUT2D eigenvalue weighted by Crippen LogP contribution is -2.37. The summed E-state index contributed by atoms with van der Waals surface area (Å²) < 4.78 is 33.8. The van der Waals surface area contributed by atoms with E-state index < -0.39 is 10.0 Å². The van der Waals surface area contributed by atoms with Gasteiger partial charge >= 0.3 is 0 Å². The SMILES string of the molecule is COc1ccc(S(=O)(=O)N2CCSCC2)cc1-c1ccc(CN2CCCCCC2c2ccccc2)[nH]1. The zero-order valence-corrected chi connectivity index (χ0v) is 22.5. The first kappa shape index (κ1) is 25.4. The van der Waals surface area contributed by atoms with Crippen molar-refractivity contribution < 1.29 is 13.2 Å². The highest BCUT2D eigenvalue weighted by Crippen LogP contribution is 2.35. The first-order valence-corrected chi connectivity index (χ1v) is 15.4. The highest BCUT2D eigenvalue weighted by Gasteiger charge is 2.28. The predicted octanol–water partition coefficient (Wildman–Crippen LogP) is 5.55. The number of hydrogen-bond acceptors (Lipinski definition) is 5. The molecule has 2 aromatic carbocycles. The first-order valence-electron chi connectivity index (χ1n) is 12.8. The Bertz CT molecular complexity index is 1250. The van der Waals surface area contributed by atoms with E-state index in [1.54, 1.807) is 41.4 Å². The largest absolute Gasteiger partial charge is 0.496 e. The summed E-state index contributed by atoms with van der Waals surface area (Å²) in [5.41, 5.74) is 4.14. The molecule has 2 fully saturated rings. The lowest BCUT2D eigenvalue weighted by Gasteiger charge is -2.30. The Kier molecular flexibility index (Phi) is 8.06. The molecule has 0 saturated carbocycles. The van der Waals surface area contributed by atoms with E-state index in [9.17, 15) is 8.42 Å². The molecule has 2 aliphatic heterocycles. The molecule has 2 saturated heterocycles. The number of aromatic nitrogens is 1. The second kappa shape index (κ2) is 11.4. The van der Waals surface area contributed by atoms with Gasteiger partial charge in [0.1, 0.15) is 5.75 Å². The molecule has 3 aromatic rings. The van der Waals surface area contributed by atoms with Crippen molar-refractivity contribution in [2.75, 3.05) is 38.2 Å². The molecular formula is C28H35N3O3S2. The van der Waals surface area contributed by atoms with Crippen LogP contribution in [0.5, 0.6) is 5.75 Å². The van der Waals surface area contributed by atoms with Crippen LogP contribution in [-0.2, 0) is 16.6 Å². The summed E-state index contributed by atoms with van der Waals surface area (Å²) in [7, 11) is -1.91. The maximum atomic E-state index is 13.3. The average Bonchev–Trinajstić information content (AvgIpc) is 3.26. The average molecular weight is 526 g/mol. The van der Waals surface area contributed by atoms with E-state index >= 15 is 0 Å². The number of rotatable bonds is 7. The molecule has 3 heterocycles. The highest BCUT2D eigenvalue weighted by molar-refractivity contribution is 7.99. The Morgan fingerprint density at radius 2 is 1.78 bits per heavy atom. The van der Waals surface area contributed by atoms with Crippen molar-refractivity contribution in [3.05, 3.63) is 71.9 Å². The predicted molar refractivity (Wildman–Crippen MR) is 147 cm³/mol. The molecule has 192 valence electrons. The van der Waals surface area contributed by atoms with Crippen LogP contribution >= 0.6 is 11.8 Å². The molecule has 1 unspecified atom stereocenters. The van der Waals surface area contributed by atoms with Crippen LogP contribution < -0.4 is 4.74 Å². The number of sulfonamides is 1. The number of methoxy groups -OCH3 is 1. The molecule has 5 rings (SSSR count). The first-order chi connectivity index (χ1) is 17.6. The Morgan fingerprint density at radius 1 is 0.972 bits per heavy atom. The van der Waals surface area contributed by atoms with Gasteiger partial charge in [-0.25, -0.2) is 8.42 Å². The van der Waals surface area contributed by atoms with Crippen LogP contribution in [0.25, 0.3) is 11.3 Å². The summed E-state index contributed by atoms with van der Waals surface area (Å²) in [6.45, 7) is 3.00. The third kappa shape index (κ3) is 5.52. The van der Waals surface area contributed by atoms with Crippen LogP contribution in [-0.4, -0.2) is 60.9 Å². The monoisotopic (exact) mass is 525 g/mol. The molecule has 36 heavy (non-hydrogen) atoms. The number of nitrogens with zero attached hydrogens (tertiary/aromatic N) is 2. The molecule has 0 spiro atoms. The van der Waals surface area contributed by atoms with Crippen molar-refractivity contribution in [3.8, 4) is 17.0 Å². The second-order valence-electron chi connectivity index (χ2n) is 9.52. The summed E-state index contributed by atoms with van der Waals surface area (Å²) >= 11 is 1.80. The van der Waals surface area contributed by atoms with E-state index in [4.69, 9.17) is 4.74 Å². The molecule has 1 atom stereocenters. The zero-order valence-electron chi connectivity index (χ0n) is 20.9. The van der Waals surface area contributed by atoms with Gasteiger partial charge in [0.25, 0.3) is 0 Å². The van der Waals surface area contributed by atoms with Crippen LogP contribution in [0.3, 0.4) is 0 Å². The van der Waals surface area contributed by atoms with E-state index in [2.05, 4.69) is 46.3 Å². The molecule has 0 radical (unpaired) electrons. The summed E-state index contributed by atoms with van der Waals surface area (Å²) in [4.78, 5) is 6.46. The molecule has 1 N–H and O–H groups in total. The van der Waals surface area contributed by atoms with Gasteiger partial charge in [0, 0.05) is 54.1 Å². The lowest BCUT2D eigenvalue weighted by molar-refractivity contribution is 0.190. The third-order valence-corrected chi connectivity index (χ3v) is 10.1. The molecule has 0 bridgehead atoms. The van der Waals surface area contributed by atoms with Crippen LogP contribution in [0.1, 0.15) is 43.0 Å². The fourth-order valence-corrected chi connectivity index (χ4v) is 7.91. The smallest absolute Gasteiger partial charge is 0.243 e. The Labute approximate surface area is 219 Å². The van der Waals surface area contributed by atoms with Crippen molar-refractivity contribution in [2.24, 2.45) is 0 Å². The summed E-state index contributed by atoms with van der Waals surface area (Å²) in [5.74, 6) is 2.33. The van der Waals surface area contributed by atoms with E-state index in [1.807, 2.05) is 6.07 Å². The quantitative estimate of drug-likeness (QED) is 0.438. The van der Waals surface area contributed by atoms with E-state index in [1.165, 1.54) is 31.2 Å². The van der Waals surface area contributed by atoms with E-state index in [0.29, 0.717) is 29.8 Å². The molecule has 0 amide bonds. The van der Waals surface area contributed by atoms with E-state index in [-0.39, 0.29) is 0 Å². The van der Waals surface area contributed by atoms with Crippen LogP contribution in [0, 0.1) is 0 Å². The van der Waals surface area contributed by atoms with Gasteiger partial charge in [-0.2, -0.15) is 16.1 Å². The molecule has 0 aliphatic carbocycles. The number of nitrogens with one attached hydrogen (secondary N) is 1. The molecule has 8 heteroatoms. The minimum absolute atomic E-state index is 0.318. The van der Waals surface area contributed by atoms with Gasteiger partial charge in [-0.05, 0) is 55.3 Å². The Balaban J connectivity index is 1.41. The molecule has 2 aliphatic rings. The van der Waals surface area contributed by atoms with Crippen molar-refractivity contribution in [2.45, 2.75) is 43.2 Å². The molecule has 1 aromatic heterocycles. The van der Waals surface area contributed by atoms with Crippen molar-refractivity contribution >= 4 is 21.8 Å². The summed E-state index contributed by atoms with van der Waals surface area (Å²) in [6.07, 6.45) is 4.89. The minimum atomic E-state index is -3.53. The third-order valence-electron chi connectivity index (χ3n) is 7.24. The van der Waals surface area contributed by atoms with Gasteiger partial charge in [0.05, 0.1) is 12.0 Å². The van der Waals surface area contributed by atoms with E-state index in [0.717, 1.165) is 41.5 Å². The fourth-order valence-electron chi connectivity index (χ4n) is 5.31. The van der Waals surface area contributed by atoms with Crippen molar-refractivity contribution in [3.63, 3.8) is 0 Å². The van der Waals surface area contributed by atoms with Gasteiger partial charge in [0.15, 0.2) is 0 Å².